The average Bonchev–Trinajstić information content (AvgIpc) is 2.44. The molecule has 1 aliphatic rings. The Morgan fingerprint density at radius 2 is 2.15 bits per heavy atom. The van der Waals surface area contributed by atoms with Crippen molar-refractivity contribution in [2.24, 2.45) is 0 Å². The lowest BCUT2D eigenvalue weighted by molar-refractivity contribution is 0.0877. The lowest BCUT2D eigenvalue weighted by atomic mass is 10.1. The van der Waals surface area contributed by atoms with Crippen molar-refractivity contribution < 1.29 is 9.84 Å². The topological polar surface area (TPSA) is 35.9 Å². The molecule has 1 atom stereocenters. The van der Waals surface area contributed by atoms with Crippen LogP contribution in [0.5, 0.6) is 11.5 Å². The molecule has 20 heavy (non-hydrogen) atoms. The summed E-state index contributed by atoms with van der Waals surface area (Å²) >= 11 is 6.08. The lowest BCUT2D eigenvalue weighted by Gasteiger charge is -2.39. The smallest absolute Gasteiger partial charge is 0.162 e. The third-order valence-electron chi connectivity index (χ3n) is 4.07. The van der Waals surface area contributed by atoms with Gasteiger partial charge in [-0.2, -0.15) is 0 Å². The van der Waals surface area contributed by atoms with Crippen LogP contribution in [0.1, 0.15) is 18.9 Å². The van der Waals surface area contributed by atoms with Gasteiger partial charge in [0.25, 0.3) is 0 Å². The van der Waals surface area contributed by atoms with E-state index in [0.717, 1.165) is 31.6 Å². The van der Waals surface area contributed by atoms with Crippen LogP contribution in [0, 0.1) is 0 Å². The monoisotopic (exact) mass is 298 g/mol. The fourth-order valence-corrected chi connectivity index (χ4v) is 2.97. The Morgan fingerprint density at radius 1 is 1.40 bits per heavy atom. The van der Waals surface area contributed by atoms with Gasteiger partial charge in [-0.15, -0.1) is 0 Å². The first-order chi connectivity index (χ1) is 9.55. The maximum absolute atomic E-state index is 10.2. The number of likely N-dealkylation sites (N-methyl/N-ethyl adjacent to an activating group) is 1. The van der Waals surface area contributed by atoms with Gasteiger partial charge in [-0.1, -0.05) is 18.5 Å². The molecule has 0 spiro atoms. The molecule has 0 radical (unpaired) electrons. The fraction of sp³-hybridized carbons (Fsp3) is 0.600. The Morgan fingerprint density at radius 3 is 2.80 bits per heavy atom. The maximum atomic E-state index is 10.2. The molecule has 1 aromatic carbocycles. The third kappa shape index (κ3) is 3.37. The number of aromatic hydroxyl groups is 1. The van der Waals surface area contributed by atoms with Gasteiger partial charge in [-0.3, -0.25) is 4.90 Å². The number of halogens is 1. The van der Waals surface area contributed by atoms with Crippen LogP contribution >= 0.6 is 11.6 Å². The van der Waals surface area contributed by atoms with E-state index in [1.807, 2.05) is 6.07 Å². The second-order valence-electron chi connectivity index (χ2n) is 5.39. The molecule has 1 heterocycles. The summed E-state index contributed by atoms with van der Waals surface area (Å²) in [7, 11) is 3.71. The van der Waals surface area contributed by atoms with Gasteiger partial charge in [0.05, 0.1) is 7.11 Å². The third-order valence-corrected chi connectivity index (χ3v) is 4.28. The van der Waals surface area contributed by atoms with E-state index in [2.05, 4.69) is 23.8 Å². The zero-order valence-corrected chi connectivity index (χ0v) is 13.2. The van der Waals surface area contributed by atoms with Crippen LogP contribution in [0.2, 0.25) is 5.02 Å². The van der Waals surface area contributed by atoms with E-state index >= 15 is 0 Å². The summed E-state index contributed by atoms with van der Waals surface area (Å²) in [6.07, 6.45) is 1.14. The first-order valence-electron chi connectivity index (χ1n) is 7.03. The second kappa shape index (κ2) is 6.66. The molecule has 1 unspecified atom stereocenters. The molecule has 0 aliphatic carbocycles. The van der Waals surface area contributed by atoms with Crippen molar-refractivity contribution in [3.05, 3.63) is 22.7 Å². The first-order valence-corrected chi connectivity index (χ1v) is 7.41. The molecular weight excluding hydrogens is 276 g/mol. The number of phenols is 1. The standard InChI is InChI=1S/C15H23ClN2O2/c1-4-13-10-18(6-5-17(13)2)9-11-7-12(16)8-14(20-3)15(11)19/h7-8,13,19H,4-6,9-10H2,1-3H3. The summed E-state index contributed by atoms with van der Waals surface area (Å²) < 4.78 is 5.15. The van der Waals surface area contributed by atoms with E-state index < -0.39 is 0 Å². The molecule has 1 saturated heterocycles. The zero-order valence-electron chi connectivity index (χ0n) is 12.4. The number of nitrogens with zero attached hydrogens (tertiary/aromatic N) is 2. The molecule has 1 N–H and O–H groups in total. The molecule has 4 nitrogen and oxygen atoms in total. The number of hydrogen-bond donors (Lipinski definition) is 1. The van der Waals surface area contributed by atoms with Crippen LogP contribution < -0.4 is 4.74 Å². The molecule has 0 aromatic heterocycles. The van der Waals surface area contributed by atoms with Gasteiger partial charge in [-0.05, 0) is 19.5 Å². The SMILES string of the molecule is CCC1CN(Cc2cc(Cl)cc(OC)c2O)CCN1C. The normalized spacial score (nSPS) is 21.1. The minimum atomic E-state index is 0.198. The number of ether oxygens (including phenoxy) is 1. The molecule has 0 amide bonds. The van der Waals surface area contributed by atoms with Gasteiger partial charge in [0.1, 0.15) is 0 Å². The van der Waals surface area contributed by atoms with Gasteiger partial charge in [0.2, 0.25) is 0 Å². The molecule has 1 aromatic rings. The van der Waals surface area contributed by atoms with Crippen molar-refractivity contribution in [1.82, 2.24) is 9.80 Å². The van der Waals surface area contributed by atoms with Crippen molar-refractivity contribution in [1.29, 1.82) is 0 Å². The van der Waals surface area contributed by atoms with Gasteiger partial charge in [-0.25, -0.2) is 0 Å². The van der Waals surface area contributed by atoms with E-state index in [0.29, 0.717) is 23.4 Å². The zero-order chi connectivity index (χ0) is 14.7. The van der Waals surface area contributed by atoms with E-state index in [4.69, 9.17) is 16.3 Å². The second-order valence-corrected chi connectivity index (χ2v) is 5.83. The molecule has 1 aliphatic heterocycles. The minimum absolute atomic E-state index is 0.198. The van der Waals surface area contributed by atoms with Crippen LogP contribution in [0.25, 0.3) is 0 Å². The van der Waals surface area contributed by atoms with Crippen molar-refractivity contribution in [2.45, 2.75) is 25.9 Å². The number of rotatable bonds is 4. The van der Waals surface area contributed by atoms with Gasteiger partial charge >= 0.3 is 0 Å². The van der Waals surface area contributed by atoms with Crippen molar-refractivity contribution >= 4 is 11.6 Å². The number of benzene rings is 1. The van der Waals surface area contributed by atoms with E-state index in [1.54, 1.807) is 6.07 Å². The predicted octanol–water partition coefficient (Wildman–Crippen LogP) is 2.58. The van der Waals surface area contributed by atoms with Gasteiger partial charge in [0.15, 0.2) is 11.5 Å². The summed E-state index contributed by atoms with van der Waals surface area (Å²) in [6, 6.07) is 4.03. The van der Waals surface area contributed by atoms with Crippen LogP contribution in [-0.2, 0) is 6.54 Å². The summed E-state index contributed by atoms with van der Waals surface area (Å²) in [6.45, 7) is 5.98. The summed E-state index contributed by atoms with van der Waals surface area (Å²) in [5.74, 6) is 0.637. The maximum Gasteiger partial charge on any atom is 0.162 e. The largest absolute Gasteiger partial charge is 0.504 e. The fourth-order valence-electron chi connectivity index (χ4n) is 2.74. The Balaban J connectivity index is 2.12. The molecule has 0 saturated carbocycles. The molecule has 112 valence electrons. The molecule has 1 fully saturated rings. The Labute approximate surface area is 125 Å². The Hall–Kier alpha value is -0.970. The molecule has 0 bridgehead atoms. The van der Waals surface area contributed by atoms with Crippen molar-refractivity contribution in [2.75, 3.05) is 33.8 Å². The van der Waals surface area contributed by atoms with E-state index in [9.17, 15) is 5.11 Å². The van der Waals surface area contributed by atoms with Gasteiger partial charge < -0.3 is 14.7 Å². The average molecular weight is 299 g/mol. The van der Waals surface area contributed by atoms with Gasteiger partial charge in [0, 0.05) is 48.9 Å². The highest BCUT2D eigenvalue weighted by molar-refractivity contribution is 6.30. The van der Waals surface area contributed by atoms with Crippen LogP contribution in [0.4, 0.5) is 0 Å². The Bertz CT molecular complexity index is 467. The highest BCUT2D eigenvalue weighted by Gasteiger charge is 2.24. The lowest BCUT2D eigenvalue weighted by Crippen LogP contribution is -2.50. The van der Waals surface area contributed by atoms with Crippen LogP contribution in [0.3, 0.4) is 0 Å². The summed E-state index contributed by atoms with van der Waals surface area (Å²) in [5, 5.41) is 10.8. The number of piperazine rings is 1. The van der Waals surface area contributed by atoms with Crippen molar-refractivity contribution in [3.8, 4) is 11.5 Å². The highest BCUT2D eigenvalue weighted by atomic mass is 35.5. The van der Waals surface area contributed by atoms with Crippen LogP contribution in [0.15, 0.2) is 12.1 Å². The molecule has 2 rings (SSSR count). The van der Waals surface area contributed by atoms with E-state index in [1.165, 1.54) is 7.11 Å². The summed E-state index contributed by atoms with van der Waals surface area (Å²) in [4.78, 5) is 4.76. The first kappa shape index (κ1) is 15.4. The number of phenolic OH excluding ortho intramolecular Hbond substituents is 1. The highest BCUT2D eigenvalue weighted by Crippen LogP contribution is 2.34. The molecular formula is C15H23ClN2O2. The van der Waals surface area contributed by atoms with E-state index in [-0.39, 0.29) is 5.75 Å². The quantitative estimate of drug-likeness (QED) is 0.927. The Kier molecular flexibility index (Phi) is 5.13. The number of hydrogen-bond acceptors (Lipinski definition) is 4. The predicted molar refractivity (Wildman–Crippen MR) is 81.7 cm³/mol. The summed E-state index contributed by atoms with van der Waals surface area (Å²) in [5.41, 5.74) is 0.828. The van der Waals surface area contributed by atoms with Crippen molar-refractivity contribution in [3.63, 3.8) is 0 Å². The number of methoxy groups -OCH3 is 1. The minimum Gasteiger partial charge on any atom is -0.504 e. The van der Waals surface area contributed by atoms with Crippen LogP contribution in [-0.4, -0.2) is 54.7 Å². The molecule has 5 heteroatoms.